The molecular formula is C21H23ClF2NO3S2-. The average molecular weight is 475 g/mol. The van der Waals surface area contributed by atoms with Gasteiger partial charge in [-0.2, -0.15) is 11.3 Å². The normalized spacial score (nSPS) is 15.8. The van der Waals surface area contributed by atoms with Gasteiger partial charge in [0.1, 0.15) is 11.6 Å². The third-order valence-corrected chi connectivity index (χ3v) is 7.98. The number of hydrogen-bond donors (Lipinski definition) is 1. The lowest BCUT2D eigenvalue weighted by Crippen LogP contribution is -2.12. The highest BCUT2D eigenvalue weighted by Crippen LogP contribution is 2.45. The van der Waals surface area contributed by atoms with Crippen LogP contribution in [0.3, 0.4) is 0 Å². The summed E-state index contributed by atoms with van der Waals surface area (Å²) in [5, 5.41) is 10.0. The lowest BCUT2D eigenvalue weighted by atomic mass is 9.89. The van der Waals surface area contributed by atoms with Crippen LogP contribution in [0.25, 0.3) is 0 Å². The molecule has 1 heterocycles. The van der Waals surface area contributed by atoms with Gasteiger partial charge >= 0.3 is 0 Å². The van der Waals surface area contributed by atoms with Gasteiger partial charge in [0.15, 0.2) is 0 Å². The first-order valence-electron chi connectivity index (χ1n) is 9.59. The molecule has 0 unspecified atom stereocenters. The summed E-state index contributed by atoms with van der Waals surface area (Å²) >= 11 is 6.88. The number of carbonyl (C=O) groups excluding carboxylic acids is 1. The summed E-state index contributed by atoms with van der Waals surface area (Å²) in [6.07, 6.45) is 1.64. The maximum Gasteiger partial charge on any atom is 0.227 e. The van der Waals surface area contributed by atoms with Crippen LogP contribution in [0.5, 0.6) is 0 Å². The van der Waals surface area contributed by atoms with Crippen LogP contribution in [0, 0.1) is 11.6 Å². The Morgan fingerprint density at radius 1 is 1.37 bits per heavy atom. The van der Waals surface area contributed by atoms with E-state index >= 15 is 0 Å². The number of aliphatic hydroxyl groups is 1. The van der Waals surface area contributed by atoms with Crippen LogP contribution in [0.1, 0.15) is 73.9 Å². The summed E-state index contributed by atoms with van der Waals surface area (Å²) in [5.41, 5.74) is 0.421. The summed E-state index contributed by atoms with van der Waals surface area (Å²) in [6, 6.07) is 2.66. The van der Waals surface area contributed by atoms with Crippen LogP contribution in [0.4, 0.5) is 8.78 Å². The number of rotatable bonds is 6. The van der Waals surface area contributed by atoms with E-state index in [1.807, 2.05) is 13.8 Å². The second-order valence-electron chi connectivity index (χ2n) is 8.30. The molecule has 0 aliphatic heterocycles. The van der Waals surface area contributed by atoms with Gasteiger partial charge in [0, 0.05) is 4.88 Å². The van der Waals surface area contributed by atoms with Crippen molar-refractivity contribution in [2.75, 3.05) is 0 Å². The number of nitrogens with zero attached hydrogens (tertiary/aromatic N) is 1. The maximum absolute atomic E-state index is 14.7. The molecule has 3 rings (SSSR count). The second kappa shape index (κ2) is 8.65. The zero-order chi connectivity index (χ0) is 22.4. The highest BCUT2D eigenvalue weighted by atomic mass is 35.5. The SMILES string of the molecule is CC(C)c1c(F)c(Cl)cc(C2CC2)c1CC(=O)N=[S-](=O)c1sc(C(C)(C)O)cc1F. The van der Waals surface area contributed by atoms with Gasteiger partial charge in [-0.05, 0) is 71.6 Å². The molecule has 164 valence electrons. The summed E-state index contributed by atoms with van der Waals surface area (Å²) < 4.78 is 44.8. The van der Waals surface area contributed by atoms with Gasteiger partial charge in [0.05, 0.1) is 17.0 Å². The van der Waals surface area contributed by atoms with E-state index in [2.05, 4.69) is 4.36 Å². The van der Waals surface area contributed by atoms with Crippen molar-refractivity contribution in [1.29, 1.82) is 0 Å². The standard InChI is InChI=1S/C21H23ClF2NO3S2/c1-10(2)18-13(12(11-5-6-11)7-14(22)19(18)24)8-17(26)25-30(28)20-15(23)9-16(29-20)21(3,4)27/h7,9-11,27H,5-6,8H2,1-4H3/q-1. The van der Waals surface area contributed by atoms with Crippen molar-refractivity contribution in [3.05, 3.63) is 50.4 Å². The van der Waals surface area contributed by atoms with Crippen molar-refractivity contribution in [3.63, 3.8) is 0 Å². The Kier molecular flexibility index (Phi) is 6.72. The largest absolute Gasteiger partial charge is 0.439 e. The van der Waals surface area contributed by atoms with Crippen LogP contribution in [-0.4, -0.2) is 11.0 Å². The van der Waals surface area contributed by atoms with Gasteiger partial charge in [0.25, 0.3) is 0 Å². The highest BCUT2D eigenvalue weighted by Gasteiger charge is 2.31. The molecule has 0 atom stereocenters. The van der Waals surface area contributed by atoms with Crippen molar-refractivity contribution in [2.24, 2.45) is 4.36 Å². The predicted octanol–water partition coefficient (Wildman–Crippen LogP) is 6.18. The van der Waals surface area contributed by atoms with Crippen LogP contribution < -0.4 is 0 Å². The Hall–Kier alpha value is -1.35. The van der Waals surface area contributed by atoms with Crippen molar-refractivity contribution >= 4 is 39.4 Å². The number of thiophene rings is 1. The molecule has 30 heavy (non-hydrogen) atoms. The maximum atomic E-state index is 14.7. The van der Waals surface area contributed by atoms with E-state index in [0.29, 0.717) is 11.1 Å². The summed E-state index contributed by atoms with van der Waals surface area (Å²) in [6.45, 7) is 6.59. The Labute approximate surface area is 185 Å². The van der Waals surface area contributed by atoms with Gasteiger partial charge in [-0.1, -0.05) is 25.4 Å². The topological polar surface area (TPSA) is 66.7 Å². The fraction of sp³-hybridized carbons (Fsp3) is 0.476. The van der Waals surface area contributed by atoms with E-state index in [-0.39, 0.29) is 32.4 Å². The van der Waals surface area contributed by atoms with E-state index < -0.39 is 33.7 Å². The van der Waals surface area contributed by atoms with Crippen molar-refractivity contribution < 1.29 is 22.9 Å². The molecule has 0 bridgehead atoms. The van der Waals surface area contributed by atoms with Crippen LogP contribution >= 0.6 is 22.9 Å². The average Bonchev–Trinajstić information content (AvgIpc) is 3.37. The van der Waals surface area contributed by atoms with Crippen LogP contribution in [0.15, 0.2) is 20.7 Å². The van der Waals surface area contributed by atoms with Crippen molar-refractivity contribution in [1.82, 2.24) is 0 Å². The van der Waals surface area contributed by atoms with E-state index in [0.717, 1.165) is 35.8 Å². The Balaban J connectivity index is 1.96. The summed E-state index contributed by atoms with van der Waals surface area (Å²) in [7, 11) is -2.25. The molecule has 1 saturated carbocycles. The molecular weight excluding hydrogens is 452 g/mol. The molecule has 1 amide bonds. The van der Waals surface area contributed by atoms with E-state index in [4.69, 9.17) is 11.6 Å². The predicted molar refractivity (Wildman–Crippen MR) is 114 cm³/mol. The number of carbonyl (C=O) groups is 1. The molecule has 1 fully saturated rings. The third kappa shape index (κ3) is 4.93. The lowest BCUT2D eigenvalue weighted by Gasteiger charge is -2.19. The first kappa shape index (κ1) is 23.3. The molecule has 1 aromatic carbocycles. The molecule has 4 nitrogen and oxygen atoms in total. The van der Waals surface area contributed by atoms with E-state index in [1.54, 1.807) is 6.07 Å². The molecule has 1 N–H and O–H groups in total. The Bertz CT molecular complexity index is 1080. The fourth-order valence-electron chi connectivity index (χ4n) is 3.35. The van der Waals surface area contributed by atoms with E-state index in [9.17, 15) is 22.9 Å². The van der Waals surface area contributed by atoms with Gasteiger partial charge in [-0.15, -0.1) is 10.6 Å². The lowest BCUT2D eigenvalue weighted by molar-refractivity contribution is -0.117. The molecule has 1 aliphatic carbocycles. The van der Waals surface area contributed by atoms with Crippen LogP contribution in [-0.2, 0) is 31.6 Å². The van der Waals surface area contributed by atoms with Crippen molar-refractivity contribution in [2.45, 2.75) is 68.6 Å². The van der Waals surface area contributed by atoms with Gasteiger partial charge in [-0.25, -0.2) is 8.78 Å². The zero-order valence-corrected chi connectivity index (χ0v) is 19.5. The number of halogens is 3. The van der Waals surface area contributed by atoms with Gasteiger partial charge < -0.3 is 13.7 Å². The monoisotopic (exact) mass is 474 g/mol. The molecule has 1 aromatic heterocycles. The summed E-state index contributed by atoms with van der Waals surface area (Å²) in [4.78, 5) is 12.9. The molecule has 0 saturated heterocycles. The van der Waals surface area contributed by atoms with Crippen LogP contribution in [0.2, 0.25) is 5.02 Å². The third-order valence-electron chi connectivity index (χ3n) is 4.93. The molecule has 0 spiro atoms. The molecule has 2 aromatic rings. The minimum absolute atomic E-state index is 0.0251. The molecule has 0 radical (unpaired) electrons. The Morgan fingerprint density at radius 3 is 2.50 bits per heavy atom. The van der Waals surface area contributed by atoms with Gasteiger partial charge in [0.2, 0.25) is 5.91 Å². The number of amides is 1. The van der Waals surface area contributed by atoms with E-state index in [1.165, 1.54) is 13.8 Å². The smallest absolute Gasteiger partial charge is 0.227 e. The van der Waals surface area contributed by atoms with Crippen molar-refractivity contribution in [3.8, 4) is 0 Å². The molecule has 1 aliphatic rings. The second-order valence-corrected chi connectivity index (χ2v) is 11.1. The highest BCUT2D eigenvalue weighted by molar-refractivity contribution is 7.78. The minimum Gasteiger partial charge on any atom is -0.439 e. The summed E-state index contributed by atoms with van der Waals surface area (Å²) in [5.74, 6) is -2.06. The number of hydrogen-bond acceptors (Lipinski definition) is 5. The fourth-order valence-corrected chi connectivity index (χ4v) is 5.56. The molecule has 9 heteroatoms. The Morgan fingerprint density at radius 2 is 2.00 bits per heavy atom. The number of benzene rings is 1. The first-order valence-corrected chi connectivity index (χ1v) is 11.9. The minimum atomic E-state index is -2.25. The first-order chi connectivity index (χ1) is 13.9. The zero-order valence-electron chi connectivity index (χ0n) is 17.1. The quantitative estimate of drug-likeness (QED) is 0.508. The van der Waals surface area contributed by atoms with Gasteiger partial charge in [-0.3, -0.25) is 4.79 Å².